The Hall–Kier alpha value is -3.54. The molecule has 0 N–H and O–H groups in total. The van der Waals surface area contributed by atoms with E-state index in [1.165, 1.54) is 0 Å². The van der Waals surface area contributed by atoms with Crippen LogP contribution in [0.15, 0.2) is 67.1 Å². The molecular weight excluding hydrogens is 362 g/mol. The van der Waals surface area contributed by atoms with Crippen molar-refractivity contribution >= 4 is 16.9 Å². The number of carbonyl (C=O) groups excluding carboxylic acids is 1. The molecule has 1 saturated carbocycles. The van der Waals surface area contributed by atoms with Crippen LogP contribution in [0.2, 0.25) is 0 Å². The molecule has 1 amide bonds. The highest BCUT2D eigenvalue weighted by molar-refractivity contribution is 5.99. The van der Waals surface area contributed by atoms with Crippen molar-refractivity contribution in [3.8, 4) is 5.69 Å². The van der Waals surface area contributed by atoms with Gasteiger partial charge in [-0.05, 0) is 54.8 Å². The van der Waals surface area contributed by atoms with Gasteiger partial charge in [-0.1, -0.05) is 6.07 Å². The molecule has 4 heterocycles. The van der Waals surface area contributed by atoms with Gasteiger partial charge in [-0.2, -0.15) is 5.10 Å². The van der Waals surface area contributed by atoms with Gasteiger partial charge in [-0.3, -0.25) is 14.8 Å². The number of fused-ring (bicyclic) bond motifs is 2. The molecule has 6 heteroatoms. The van der Waals surface area contributed by atoms with Gasteiger partial charge in [0, 0.05) is 54.4 Å². The Bertz CT molecular complexity index is 1230. The number of hydrogen-bond donors (Lipinski definition) is 0. The number of aromatic nitrogens is 4. The maximum absolute atomic E-state index is 13.0. The molecule has 1 aliphatic heterocycles. The molecule has 2 aliphatic rings. The molecule has 6 rings (SSSR count). The van der Waals surface area contributed by atoms with E-state index in [0.29, 0.717) is 18.4 Å². The van der Waals surface area contributed by atoms with Crippen molar-refractivity contribution in [1.82, 2.24) is 24.6 Å². The van der Waals surface area contributed by atoms with Gasteiger partial charge in [-0.15, -0.1) is 0 Å². The summed E-state index contributed by atoms with van der Waals surface area (Å²) in [6.45, 7) is 1.41. The number of benzene rings is 1. The molecule has 0 unspecified atom stereocenters. The number of rotatable bonds is 4. The zero-order valence-electron chi connectivity index (χ0n) is 15.8. The molecule has 1 fully saturated rings. The van der Waals surface area contributed by atoms with Crippen molar-refractivity contribution in [2.45, 2.75) is 18.9 Å². The molecule has 3 aromatic heterocycles. The first-order chi connectivity index (χ1) is 14.3. The predicted octanol–water partition coefficient (Wildman–Crippen LogP) is 3.58. The highest BCUT2D eigenvalue weighted by Gasteiger charge is 2.43. The quantitative estimate of drug-likeness (QED) is 0.542. The van der Waals surface area contributed by atoms with Crippen LogP contribution in [-0.4, -0.2) is 37.1 Å². The Labute approximate surface area is 167 Å². The fraction of sp³-hybridized carbons (Fsp3) is 0.217. The lowest BCUT2D eigenvalue weighted by molar-refractivity contribution is 0.0770. The van der Waals surface area contributed by atoms with Gasteiger partial charge in [0.25, 0.3) is 5.91 Å². The summed E-state index contributed by atoms with van der Waals surface area (Å²) in [5.74, 6) is 1.00. The van der Waals surface area contributed by atoms with Gasteiger partial charge in [0.2, 0.25) is 0 Å². The second-order valence-electron chi connectivity index (χ2n) is 7.82. The maximum atomic E-state index is 13.0. The molecule has 4 aromatic rings. The zero-order valence-corrected chi connectivity index (χ0v) is 15.8. The maximum Gasteiger partial charge on any atom is 0.254 e. The summed E-state index contributed by atoms with van der Waals surface area (Å²) in [6, 6.07) is 15.8. The molecular formula is C23H19N5O. The van der Waals surface area contributed by atoms with Crippen LogP contribution < -0.4 is 0 Å². The van der Waals surface area contributed by atoms with E-state index in [-0.39, 0.29) is 5.91 Å². The second-order valence-corrected chi connectivity index (χ2v) is 7.82. The van der Waals surface area contributed by atoms with Gasteiger partial charge < -0.3 is 4.90 Å². The first kappa shape index (κ1) is 16.4. The summed E-state index contributed by atoms with van der Waals surface area (Å²) in [6.07, 6.45) is 6.54. The lowest BCUT2D eigenvalue weighted by Crippen LogP contribution is -2.26. The summed E-state index contributed by atoms with van der Waals surface area (Å²) in [5.41, 5.74) is 5.81. The minimum atomic E-state index is 0.121. The van der Waals surface area contributed by atoms with Crippen LogP contribution in [0.4, 0.5) is 0 Å². The van der Waals surface area contributed by atoms with Crippen LogP contribution in [0.25, 0.3) is 16.7 Å². The molecule has 0 radical (unpaired) electrons. The third-order valence-corrected chi connectivity index (χ3v) is 6.00. The lowest BCUT2D eigenvalue weighted by atomic mass is 10.1. The average molecular weight is 381 g/mol. The van der Waals surface area contributed by atoms with E-state index in [1.54, 1.807) is 12.4 Å². The number of hydrogen-bond acceptors (Lipinski definition) is 4. The van der Waals surface area contributed by atoms with Crippen LogP contribution in [0.1, 0.15) is 34.0 Å². The van der Waals surface area contributed by atoms with Crippen molar-refractivity contribution in [1.29, 1.82) is 0 Å². The van der Waals surface area contributed by atoms with Crippen LogP contribution >= 0.6 is 0 Å². The summed E-state index contributed by atoms with van der Waals surface area (Å²) in [5, 5.41) is 4.34. The third kappa shape index (κ3) is 2.71. The summed E-state index contributed by atoms with van der Waals surface area (Å²) < 4.78 is 1.84. The van der Waals surface area contributed by atoms with E-state index < -0.39 is 0 Å². The standard InChI is InChI=1S/C23H19N5O/c29-23-16-4-1-6-22(28-11-3-10-25-28)18(16)14-27(23)13-15-12-17(15)19-7-8-20-21(26-19)5-2-9-24-20/h1-11,15,17H,12-14H2/t15-,17+/m1/s1. The Balaban J connectivity index is 1.21. The number of nitrogens with zero attached hydrogens (tertiary/aromatic N) is 5. The molecule has 1 aliphatic carbocycles. The van der Waals surface area contributed by atoms with Gasteiger partial charge in [0.05, 0.1) is 16.7 Å². The Morgan fingerprint density at radius 2 is 1.97 bits per heavy atom. The molecule has 0 saturated heterocycles. The molecule has 142 valence electrons. The number of carbonyl (C=O) groups is 1. The summed E-state index contributed by atoms with van der Waals surface area (Å²) in [7, 11) is 0. The molecule has 2 atom stereocenters. The van der Waals surface area contributed by atoms with E-state index in [9.17, 15) is 4.79 Å². The number of pyridine rings is 2. The fourth-order valence-corrected chi connectivity index (χ4v) is 4.42. The minimum absolute atomic E-state index is 0.121. The van der Waals surface area contributed by atoms with Crippen LogP contribution in [0.3, 0.4) is 0 Å². The largest absolute Gasteiger partial charge is 0.334 e. The molecule has 1 aromatic carbocycles. The first-order valence-corrected chi connectivity index (χ1v) is 9.91. The van der Waals surface area contributed by atoms with Crippen LogP contribution in [-0.2, 0) is 6.54 Å². The van der Waals surface area contributed by atoms with Crippen molar-refractivity contribution in [2.75, 3.05) is 6.54 Å². The van der Waals surface area contributed by atoms with E-state index >= 15 is 0 Å². The third-order valence-electron chi connectivity index (χ3n) is 6.00. The van der Waals surface area contributed by atoms with E-state index in [0.717, 1.165) is 46.5 Å². The summed E-state index contributed by atoms with van der Waals surface area (Å²) in [4.78, 5) is 24.1. The van der Waals surface area contributed by atoms with E-state index in [1.807, 2.05) is 58.2 Å². The molecule has 0 bridgehead atoms. The molecule has 29 heavy (non-hydrogen) atoms. The van der Waals surface area contributed by atoms with Crippen molar-refractivity contribution in [3.63, 3.8) is 0 Å². The molecule has 0 spiro atoms. The highest BCUT2D eigenvalue weighted by atomic mass is 16.2. The van der Waals surface area contributed by atoms with Gasteiger partial charge in [-0.25, -0.2) is 4.68 Å². The van der Waals surface area contributed by atoms with Crippen molar-refractivity contribution in [2.24, 2.45) is 5.92 Å². The fourth-order valence-electron chi connectivity index (χ4n) is 4.42. The number of amides is 1. The second kappa shape index (κ2) is 6.24. The monoisotopic (exact) mass is 381 g/mol. The van der Waals surface area contributed by atoms with Crippen molar-refractivity contribution < 1.29 is 4.79 Å². The lowest BCUT2D eigenvalue weighted by Gasteiger charge is -2.15. The van der Waals surface area contributed by atoms with E-state index in [2.05, 4.69) is 16.1 Å². The normalized spacial score (nSPS) is 20.3. The summed E-state index contributed by atoms with van der Waals surface area (Å²) >= 11 is 0. The molecule has 6 nitrogen and oxygen atoms in total. The Morgan fingerprint density at radius 1 is 1.00 bits per heavy atom. The van der Waals surface area contributed by atoms with Crippen LogP contribution in [0, 0.1) is 5.92 Å². The van der Waals surface area contributed by atoms with Gasteiger partial charge in [0.15, 0.2) is 0 Å². The Kier molecular flexibility index (Phi) is 3.53. The first-order valence-electron chi connectivity index (χ1n) is 9.91. The van der Waals surface area contributed by atoms with Crippen molar-refractivity contribution in [3.05, 3.63) is 83.9 Å². The van der Waals surface area contributed by atoms with Gasteiger partial charge >= 0.3 is 0 Å². The van der Waals surface area contributed by atoms with Crippen LogP contribution in [0.5, 0.6) is 0 Å². The topological polar surface area (TPSA) is 63.9 Å². The smallest absolute Gasteiger partial charge is 0.254 e. The average Bonchev–Trinajstić information content (AvgIpc) is 3.16. The zero-order chi connectivity index (χ0) is 19.4. The Morgan fingerprint density at radius 3 is 2.86 bits per heavy atom. The predicted molar refractivity (Wildman–Crippen MR) is 109 cm³/mol. The highest BCUT2D eigenvalue weighted by Crippen LogP contribution is 2.48. The SMILES string of the molecule is O=C1c2cccc(-n3cccn3)c2CN1C[C@H]1C[C@@H]1c1ccc2ncccc2n1. The minimum Gasteiger partial charge on any atom is -0.334 e. The van der Waals surface area contributed by atoms with E-state index in [4.69, 9.17) is 4.98 Å². The van der Waals surface area contributed by atoms with Gasteiger partial charge in [0.1, 0.15) is 0 Å².